The molecule has 290 valence electrons. The van der Waals surface area contributed by atoms with Gasteiger partial charge in [0.05, 0.1) is 25.8 Å². The minimum atomic E-state index is -4.90. The molecule has 54 heavy (non-hydrogen) atoms. The van der Waals surface area contributed by atoms with Gasteiger partial charge in [0.2, 0.25) is 0 Å². The third-order valence-corrected chi connectivity index (χ3v) is 9.28. The highest BCUT2D eigenvalue weighted by Gasteiger charge is 2.39. The van der Waals surface area contributed by atoms with E-state index in [1.807, 2.05) is 35.1 Å². The van der Waals surface area contributed by atoms with Crippen molar-refractivity contribution in [1.29, 1.82) is 0 Å². The molecule has 0 atom stereocenters. The molecule has 0 radical (unpaired) electrons. The molecule has 0 saturated carbocycles. The lowest BCUT2D eigenvalue weighted by atomic mass is 10.0. The fraction of sp³-hybridized carbons (Fsp3) is 0.444. The van der Waals surface area contributed by atoms with Crippen LogP contribution in [0.4, 0.5) is 38.4 Å². The van der Waals surface area contributed by atoms with E-state index in [0.717, 1.165) is 29.8 Å². The van der Waals surface area contributed by atoms with Crippen LogP contribution in [0, 0.1) is 0 Å². The van der Waals surface area contributed by atoms with E-state index in [1.54, 1.807) is 7.11 Å². The van der Waals surface area contributed by atoms with E-state index < -0.39 is 24.2 Å². The van der Waals surface area contributed by atoms with Crippen LogP contribution in [-0.4, -0.2) is 79.6 Å². The molecule has 2 aliphatic heterocycles. The lowest BCUT2D eigenvalue weighted by Crippen LogP contribution is -2.59. The smallest absolute Gasteiger partial charge is 0.493 e. The first-order valence-corrected chi connectivity index (χ1v) is 17.5. The topological polar surface area (TPSA) is 111 Å². The lowest BCUT2D eigenvalue weighted by molar-refractivity contribution is -0.275. The Bertz CT molecular complexity index is 2040. The van der Waals surface area contributed by atoms with E-state index in [-0.39, 0.29) is 46.3 Å². The van der Waals surface area contributed by atoms with Gasteiger partial charge >= 0.3 is 24.8 Å². The number of fused-ring (bicyclic) bond motifs is 2. The summed E-state index contributed by atoms with van der Waals surface area (Å²) in [4.78, 5) is 11.6. The van der Waals surface area contributed by atoms with Crippen molar-refractivity contribution >= 4 is 34.2 Å². The molecular weight excluding hydrogens is 726 g/mol. The van der Waals surface area contributed by atoms with Crippen molar-refractivity contribution in [1.82, 2.24) is 20.2 Å². The summed E-state index contributed by atoms with van der Waals surface area (Å²) in [6, 6.07) is 12.8. The van der Waals surface area contributed by atoms with Gasteiger partial charge < -0.3 is 33.1 Å². The molecule has 1 N–H and O–H groups in total. The number of rotatable bonds is 12. The van der Waals surface area contributed by atoms with Crippen molar-refractivity contribution in [2.24, 2.45) is 0 Å². The van der Waals surface area contributed by atoms with Crippen LogP contribution in [-0.2, 0) is 6.54 Å². The number of oxazole rings is 2. The normalized spacial score (nSPS) is 16.5. The molecule has 2 saturated heterocycles. The molecule has 4 heterocycles. The fourth-order valence-electron chi connectivity index (χ4n) is 6.95. The van der Waals surface area contributed by atoms with E-state index in [0.29, 0.717) is 76.5 Å². The molecule has 0 amide bonds. The van der Waals surface area contributed by atoms with Gasteiger partial charge in [-0.3, -0.25) is 4.90 Å². The number of methoxy groups -OCH3 is 1. The molecule has 2 aliphatic rings. The molecule has 0 aliphatic carbocycles. The summed E-state index contributed by atoms with van der Waals surface area (Å²) in [5, 5.41) is 7.02. The number of likely N-dealkylation sites (tertiary alicyclic amines) is 1. The van der Waals surface area contributed by atoms with Crippen LogP contribution < -0.4 is 34.3 Å². The summed E-state index contributed by atoms with van der Waals surface area (Å²) in [7, 11) is 1.59. The summed E-state index contributed by atoms with van der Waals surface area (Å²) >= 11 is 0. The number of nitrogens with zero attached hydrogens (tertiary/aromatic N) is 5. The second-order valence-electron chi connectivity index (χ2n) is 12.9. The first-order chi connectivity index (χ1) is 25.9. The van der Waals surface area contributed by atoms with Gasteiger partial charge in [-0.05, 0) is 87.7 Å². The number of piperidine rings is 2. The molecule has 2 fully saturated rings. The van der Waals surface area contributed by atoms with Gasteiger partial charge in [-0.1, -0.05) is 6.07 Å². The van der Waals surface area contributed by atoms with E-state index in [4.69, 9.17) is 18.3 Å². The Labute approximate surface area is 305 Å². The van der Waals surface area contributed by atoms with Crippen molar-refractivity contribution in [3.05, 3.63) is 60.2 Å². The molecule has 12 nitrogen and oxygen atoms in total. The zero-order chi connectivity index (χ0) is 38.0. The third-order valence-electron chi connectivity index (χ3n) is 9.28. The Morgan fingerprint density at radius 3 is 1.78 bits per heavy atom. The predicted octanol–water partition coefficient (Wildman–Crippen LogP) is 7.82. The molecule has 0 bridgehead atoms. The average Bonchev–Trinajstić information content (AvgIpc) is 3.74. The summed E-state index contributed by atoms with van der Waals surface area (Å²) in [6.07, 6.45) is -7.30. The van der Waals surface area contributed by atoms with Crippen molar-refractivity contribution < 1.29 is 54.1 Å². The van der Waals surface area contributed by atoms with Crippen LogP contribution in [0.25, 0.3) is 22.2 Å². The average molecular weight is 765 g/mol. The van der Waals surface area contributed by atoms with Gasteiger partial charge in [0.25, 0.3) is 0 Å². The highest BCUT2D eigenvalue weighted by molar-refractivity contribution is 5.78. The molecule has 5 aromatic rings. The second kappa shape index (κ2) is 15.3. The Hall–Kier alpha value is -5.10. The van der Waals surface area contributed by atoms with Crippen molar-refractivity contribution in [3.8, 4) is 23.0 Å². The number of nitrogens with one attached hydrogen (secondary N) is 1. The number of alkyl halides is 6. The Morgan fingerprint density at radius 1 is 0.741 bits per heavy atom. The maximum atomic E-state index is 13.1. The fourth-order valence-corrected chi connectivity index (χ4v) is 6.95. The quantitative estimate of drug-likeness (QED) is 0.0989. The first kappa shape index (κ1) is 37.2. The van der Waals surface area contributed by atoms with Crippen LogP contribution >= 0.6 is 0 Å². The minimum Gasteiger partial charge on any atom is -0.493 e. The number of benzene rings is 3. The predicted molar refractivity (Wildman–Crippen MR) is 185 cm³/mol. The number of ether oxygens (including phenoxy) is 4. The van der Waals surface area contributed by atoms with Crippen molar-refractivity contribution in [2.75, 3.05) is 49.9 Å². The van der Waals surface area contributed by atoms with Crippen LogP contribution in [0.3, 0.4) is 0 Å². The number of hydrogen-bond donors (Lipinski definition) is 1. The number of anilines is 2. The summed E-state index contributed by atoms with van der Waals surface area (Å²) in [5.74, 6) is 0.401. The largest absolute Gasteiger partial charge is 0.573 e. The zero-order valence-electron chi connectivity index (χ0n) is 29.4. The SMILES string of the molecule is CCOc1cc(CN2CCC(N(c3nc4cc(OC(F)(F)F)ccc4o3)N(c3nc4cc(OC(F)(F)F)ccc4o3)C3CCNCC3)CC2)ccc1OC. The maximum Gasteiger partial charge on any atom is 0.573 e. The lowest BCUT2D eigenvalue weighted by Gasteiger charge is -2.46. The van der Waals surface area contributed by atoms with Crippen LogP contribution in [0.15, 0.2) is 63.4 Å². The van der Waals surface area contributed by atoms with Gasteiger partial charge in [0, 0.05) is 31.8 Å². The van der Waals surface area contributed by atoms with E-state index in [2.05, 4.69) is 29.7 Å². The number of hydrogen-bond acceptors (Lipinski definition) is 12. The summed E-state index contributed by atoms with van der Waals surface area (Å²) in [6.45, 7) is 5.68. The number of hydrazine groups is 1. The van der Waals surface area contributed by atoms with Gasteiger partial charge in [-0.2, -0.15) is 9.97 Å². The minimum absolute atomic E-state index is 0.0889. The number of halogens is 6. The van der Waals surface area contributed by atoms with Crippen molar-refractivity contribution in [3.63, 3.8) is 0 Å². The molecule has 3 aromatic carbocycles. The molecule has 2 aromatic heterocycles. The second-order valence-corrected chi connectivity index (χ2v) is 12.9. The standard InChI is InChI=1S/C36H38F6N6O6/c1-3-50-32-18-22(4-7-31(32)49-2)21-46-16-12-24(13-17-46)48(34-45-28-20-26(54-36(40,41)42)6-9-30(28)52-34)47(23-10-14-43-15-11-23)33-44-27-19-25(53-35(37,38)39)5-8-29(27)51-33/h4-9,18-20,23-24,43H,3,10-17,21H2,1-2H3. The monoisotopic (exact) mass is 764 g/mol. The Balaban J connectivity index is 1.24. The zero-order valence-corrected chi connectivity index (χ0v) is 29.4. The molecule has 0 spiro atoms. The van der Waals surface area contributed by atoms with E-state index >= 15 is 0 Å². The van der Waals surface area contributed by atoms with E-state index in [1.165, 1.54) is 12.1 Å². The highest BCUT2D eigenvalue weighted by Crippen LogP contribution is 2.38. The Kier molecular flexibility index (Phi) is 10.6. The third kappa shape index (κ3) is 8.65. The summed E-state index contributed by atoms with van der Waals surface area (Å²) < 4.78 is 110. The summed E-state index contributed by atoms with van der Waals surface area (Å²) in [5.41, 5.74) is 1.77. The van der Waals surface area contributed by atoms with Crippen molar-refractivity contribution in [2.45, 2.75) is 64.0 Å². The van der Waals surface area contributed by atoms with Crippen LogP contribution in [0.5, 0.6) is 23.0 Å². The first-order valence-electron chi connectivity index (χ1n) is 17.5. The molecule has 0 unspecified atom stereocenters. The van der Waals surface area contributed by atoms with Crippen LogP contribution in [0.2, 0.25) is 0 Å². The van der Waals surface area contributed by atoms with Gasteiger partial charge in [-0.15, -0.1) is 26.3 Å². The molecule has 7 rings (SSSR count). The van der Waals surface area contributed by atoms with E-state index in [9.17, 15) is 26.3 Å². The molecule has 18 heteroatoms. The molecular formula is C36H38F6N6O6. The van der Waals surface area contributed by atoms with Gasteiger partial charge in [0.1, 0.15) is 22.5 Å². The maximum absolute atomic E-state index is 13.1. The van der Waals surface area contributed by atoms with Gasteiger partial charge in [-0.25, -0.2) is 10.0 Å². The Morgan fingerprint density at radius 2 is 1.28 bits per heavy atom. The highest BCUT2D eigenvalue weighted by atomic mass is 19.4. The van der Waals surface area contributed by atoms with Crippen LogP contribution in [0.1, 0.15) is 38.2 Å². The number of aromatic nitrogens is 2. The van der Waals surface area contributed by atoms with Gasteiger partial charge in [0.15, 0.2) is 22.7 Å².